The Balaban J connectivity index is 2.24. The summed E-state index contributed by atoms with van der Waals surface area (Å²) in [6, 6.07) is 5.87. The van der Waals surface area contributed by atoms with Crippen LogP contribution in [0.5, 0.6) is 0 Å². The molecule has 1 fully saturated rings. The van der Waals surface area contributed by atoms with Crippen LogP contribution < -0.4 is 11.3 Å². The van der Waals surface area contributed by atoms with Crippen LogP contribution in [0.25, 0.3) is 0 Å². The number of hydrogen-bond acceptors (Lipinski definition) is 3. The molecule has 0 saturated carbocycles. The predicted octanol–water partition coefficient (Wildman–Crippen LogP) is 3.03. The van der Waals surface area contributed by atoms with Gasteiger partial charge in [0, 0.05) is 22.0 Å². The highest BCUT2D eigenvalue weighted by molar-refractivity contribution is 9.10. The monoisotopic (exact) mass is 318 g/mol. The van der Waals surface area contributed by atoms with Crippen molar-refractivity contribution >= 4 is 27.5 Å². The van der Waals surface area contributed by atoms with Crippen LogP contribution in [0.1, 0.15) is 24.4 Å². The van der Waals surface area contributed by atoms with Gasteiger partial charge in [-0.05, 0) is 36.6 Å². The molecular weight excluding hydrogens is 304 g/mol. The number of hydrogen-bond donors (Lipinski definition) is 2. The van der Waals surface area contributed by atoms with Crippen LogP contribution in [0.4, 0.5) is 0 Å². The average molecular weight is 320 g/mol. The van der Waals surface area contributed by atoms with Gasteiger partial charge in [-0.25, -0.2) is 0 Å². The summed E-state index contributed by atoms with van der Waals surface area (Å²) in [4.78, 5) is 0. The summed E-state index contributed by atoms with van der Waals surface area (Å²) in [5.74, 6) is 6.05. The molecule has 0 amide bonds. The van der Waals surface area contributed by atoms with Gasteiger partial charge >= 0.3 is 0 Å². The largest absolute Gasteiger partial charge is 0.381 e. The molecule has 1 aliphatic heterocycles. The zero-order valence-corrected chi connectivity index (χ0v) is 11.8. The number of nitrogens with two attached hydrogens (primary N) is 1. The Morgan fingerprint density at radius 1 is 1.53 bits per heavy atom. The normalized spacial score (nSPS) is 22.4. The van der Waals surface area contributed by atoms with Crippen LogP contribution in [-0.4, -0.2) is 13.2 Å². The molecular formula is C12H16BrClN2O. The maximum Gasteiger partial charge on any atom is 0.0525 e. The Morgan fingerprint density at radius 3 is 3.00 bits per heavy atom. The van der Waals surface area contributed by atoms with E-state index in [9.17, 15) is 0 Å². The lowest BCUT2D eigenvalue weighted by atomic mass is 9.89. The maximum absolute atomic E-state index is 6.23. The van der Waals surface area contributed by atoms with E-state index in [1.807, 2.05) is 18.2 Å². The molecule has 0 spiro atoms. The highest BCUT2D eigenvalue weighted by Gasteiger charge is 2.26. The molecule has 0 aromatic heterocycles. The second kappa shape index (κ2) is 6.16. The predicted molar refractivity (Wildman–Crippen MR) is 72.8 cm³/mol. The van der Waals surface area contributed by atoms with Gasteiger partial charge in [0.25, 0.3) is 0 Å². The van der Waals surface area contributed by atoms with Gasteiger partial charge in [-0.3, -0.25) is 11.3 Å². The Morgan fingerprint density at radius 2 is 2.35 bits per heavy atom. The van der Waals surface area contributed by atoms with E-state index in [0.717, 1.165) is 41.1 Å². The zero-order valence-electron chi connectivity index (χ0n) is 9.46. The third-order valence-electron chi connectivity index (χ3n) is 3.14. The highest BCUT2D eigenvalue weighted by atomic mass is 79.9. The SMILES string of the molecule is NNC(c1cc(Br)ccc1Cl)C1CCCOC1. The molecule has 2 rings (SSSR count). The molecule has 0 bridgehead atoms. The summed E-state index contributed by atoms with van der Waals surface area (Å²) < 4.78 is 6.51. The first-order valence-corrected chi connectivity index (χ1v) is 6.88. The number of nitrogens with one attached hydrogen (secondary N) is 1. The second-order valence-corrected chi connectivity index (χ2v) is 5.61. The first kappa shape index (κ1) is 13.3. The third-order valence-corrected chi connectivity index (χ3v) is 3.98. The standard InChI is InChI=1S/C12H16BrClN2O/c13-9-3-4-11(14)10(6-9)12(16-15)8-2-1-5-17-7-8/h3-4,6,8,12,16H,1-2,5,7,15H2. The van der Waals surface area contributed by atoms with Crippen molar-refractivity contribution in [3.05, 3.63) is 33.3 Å². The number of rotatable bonds is 3. The van der Waals surface area contributed by atoms with Crippen molar-refractivity contribution in [2.45, 2.75) is 18.9 Å². The lowest BCUT2D eigenvalue weighted by Crippen LogP contribution is -2.37. The van der Waals surface area contributed by atoms with E-state index in [0.29, 0.717) is 5.92 Å². The minimum Gasteiger partial charge on any atom is -0.381 e. The van der Waals surface area contributed by atoms with Gasteiger partial charge in [0.2, 0.25) is 0 Å². The topological polar surface area (TPSA) is 47.3 Å². The average Bonchev–Trinajstić information content (AvgIpc) is 2.36. The van der Waals surface area contributed by atoms with E-state index >= 15 is 0 Å². The lowest BCUT2D eigenvalue weighted by molar-refractivity contribution is 0.0390. The van der Waals surface area contributed by atoms with Gasteiger partial charge in [0.1, 0.15) is 0 Å². The molecule has 2 atom stereocenters. The van der Waals surface area contributed by atoms with Gasteiger partial charge in [0.05, 0.1) is 12.6 Å². The molecule has 1 saturated heterocycles. The van der Waals surface area contributed by atoms with Crippen molar-refractivity contribution in [3.63, 3.8) is 0 Å². The van der Waals surface area contributed by atoms with E-state index in [1.165, 1.54) is 0 Å². The molecule has 94 valence electrons. The molecule has 1 aliphatic rings. The fraction of sp³-hybridized carbons (Fsp3) is 0.500. The van der Waals surface area contributed by atoms with Crippen LogP contribution in [0, 0.1) is 5.92 Å². The fourth-order valence-electron chi connectivity index (χ4n) is 2.26. The van der Waals surface area contributed by atoms with Gasteiger partial charge in [-0.15, -0.1) is 0 Å². The fourth-order valence-corrected chi connectivity index (χ4v) is 2.88. The van der Waals surface area contributed by atoms with E-state index in [-0.39, 0.29) is 6.04 Å². The molecule has 3 nitrogen and oxygen atoms in total. The van der Waals surface area contributed by atoms with Crippen LogP contribution in [-0.2, 0) is 4.74 Å². The summed E-state index contributed by atoms with van der Waals surface area (Å²) >= 11 is 9.69. The third kappa shape index (κ3) is 3.20. The van der Waals surface area contributed by atoms with E-state index in [4.69, 9.17) is 22.2 Å². The van der Waals surface area contributed by atoms with Crippen molar-refractivity contribution in [1.29, 1.82) is 0 Å². The summed E-state index contributed by atoms with van der Waals surface area (Å²) in [5.41, 5.74) is 3.90. The van der Waals surface area contributed by atoms with E-state index < -0.39 is 0 Å². The molecule has 1 aromatic carbocycles. The Labute approximate surface area is 115 Å². The van der Waals surface area contributed by atoms with Crippen molar-refractivity contribution in [3.8, 4) is 0 Å². The van der Waals surface area contributed by atoms with E-state index in [2.05, 4.69) is 21.4 Å². The molecule has 0 aliphatic carbocycles. The van der Waals surface area contributed by atoms with Crippen LogP contribution in [0.3, 0.4) is 0 Å². The molecule has 17 heavy (non-hydrogen) atoms. The lowest BCUT2D eigenvalue weighted by Gasteiger charge is -2.30. The molecule has 0 radical (unpaired) electrons. The van der Waals surface area contributed by atoms with Crippen molar-refractivity contribution in [2.24, 2.45) is 11.8 Å². The van der Waals surface area contributed by atoms with Gasteiger partial charge in [0.15, 0.2) is 0 Å². The minimum absolute atomic E-state index is 0.0419. The molecule has 1 aromatic rings. The number of hydrazine groups is 1. The van der Waals surface area contributed by atoms with E-state index in [1.54, 1.807) is 0 Å². The number of halogens is 2. The highest BCUT2D eigenvalue weighted by Crippen LogP contribution is 2.33. The first-order valence-electron chi connectivity index (χ1n) is 5.71. The molecule has 3 N–H and O–H groups in total. The summed E-state index contributed by atoms with van der Waals surface area (Å²) in [7, 11) is 0. The Hall–Kier alpha value is -0.130. The minimum atomic E-state index is 0.0419. The number of ether oxygens (including phenoxy) is 1. The van der Waals surface area contributed by atoms with Gasteiger partial charge < -0.3 is 4.74 Å². The van der Waals surface area contributed by atoms with Crippen LogP contribution in [0.2, 0.25) is 5.02 Å². The quantitative estimate of drug-likeness (QED) is 0.665. The Kier molecular flexibility index (Phi) is 4.82. The van der Waals surface area contributed by atoms with Crippen LogP contribution in [0.15, 0.2) is 22.7 Å². The number of benzene rings is 1. The zero-order chi connectivity index (χ0) is 12.3. The first-order chi connectivity index (χ1) is 8.22. The van der Waals surface area contributed by atoms with Gasteiger partial charge in [-0.2, -0.15) is 0 Å². The molecule has 5 heteroatoms. The molecule has 1 heterocycles. The Bertz CT molecular complexity index is 383. The van der Waals surface area contributed by atoms with Crippen molar-refractivity contribution in [1.82, 2.24) is 5.43 Å². The van der Waals surface area contributed by atoms with Crippen molar-refractivity contribution < 1.29 is 4.74 Å². The van der Waals surface area contributed by atoms with Crippen molar-refractivity contribution in [2.75, 3.05) is 13.2 Å². The summed E-state index contributed by atoms with van der Waals surface area (Å²) in [6.45, 7) is 1.58. The second-order valence-electron chi connectivity index (χ2n) is 4.29. The summed E-state index contributed by atoms with van der Waals surface area (Å²) in [5, 5.41) is 0.738. The van der Waals surface area contributed by atoms with Crippen LogP contribution >= 0.6 is 27.5 Å². The smallest absolute Gasteiger partial charge is 0.0525 e. The summed E-state index contributed by atoms with van der Waals surface area (Å²) in [6.07, 6.45) is 2.19. The van der Waals surface area contributed by atoms with Gasteiger partial charge in [-0.1, -0.05) is 27.5 Å². The maximum atomic E-state index is 6.23. The molecule has 2 unspecified atom stereocenters.